The highest BCUT2D eigenvalue weighted by Gasteiger charge is 2.11. The maximum atomic E-state index is 11.8. The first-order valence-electron chi connectivity index (χ1n) is 7.05. The molecule has 20 heavy (non-hydrogen) atoms. The molecule has 5 heteroatoms. The van der Waals surface area contributed by atoms with Gasteiger partial charge >= 0.3 is 0 Å². The molecule has 1 amide bonds. The van der Waals surface area contributed by atoms with Crippen LogP contribution in [-0.2, 0) is 17.8 Å². The van der Waals surface area contributed by atoms with E-state index in [1.807, 2.05) is 38.1 Å². The number of aryl methyl sites for hydroxylation is 1. The van der Waals surface area contributed by atoms with E-state index in [1.54, 1.807) is 0 Å². The Bertz CT molecular complexity index is 589. The van der Waals surface area contributed by atoms with Crippen LogP contribution in [0, 0.1) is 0 Å². The Morgan fingerprint density at radius 2 is 2.15 bits per heavy atom. The molecule has 2 rings (SSSR count). The Labute approximate surface area is 119 Å². The molecule has 0 atom stereocenters. The molecule has 0 aliphatic rings. The molecule has 2 aromatic rings. The topological polar surface area (TPSA) is 72.9 Å². The molecule has 0 fully saturated rings. The van der Waals surface area contributed by atoms with Gasteiger partial charge in [0.05, 0.1) is 11.0 Å². The average Bonchev–Trinajstić information content (AvgIpc) is 2.73. The highest BCUT2D eigenvalue weighted by Crippen LogP contribution is 2.16. The first kappa shape index (κ1) is 14.5. The van der Waals surface area contributed by atoms with Crippen molar-refractivity contribution in [2.24, 2.45) is 5.73 Å². The van der Waals surface area contributed by atoms with E-state index in [9.17, 15) is 4.79 Å². The van der Waals surface area contributed by atoms with Crippen LogP contribution in [0.3, 0.4) is 0 Å². The minimum atomic E-state index is 0.0662. The molecular formula is C15H22N4O. The minimum Gasteiger partial charge on any atom is -0.354 e. The summed E-state index contributed by atoms with van der Waals surface area (Å²) in [5.41, 5.74) is 7.66. The molecule has 0 saturated heterocycles. The molecule has 5 nitrogen and oxygen atoms in total. The van der Waals surface area contributed by atoms with Crippen molar-refractivity contribution in [3.63, 3.8) is 0 Å². The van der Waals surface area contributed by atoms with Crippen LogP contribution in [0.15, 0.2) is 24.3 Å². The van der Waals surface area contributed by atoms with Crippen molar-refractivity contribution in [1.29, 1.82) is 0 Å². The van der Waals surface area contributed by atoms with Gasteiger partial charge in [0.25, 0.3) is 0 Å². The fraction of sp³-hybridized carbons (Fsp3) is 0.467. The van der Waals surface area contributed by atoms with Gasteiger partial charge in [-0.25, -0.2) is 4.98 Å². The molecule has 1 aromatic carbocycles. The summed E-state index contributed by atoms with van der Waals surface area (Å²) in [5.74, 6) is 1.02. The molecule has 0 spiro atoms. The summed E-state index contributed by atoms with van der Waals surface area (Å²) in [7, 11) is 0. The first-order valence-corrected chi connectivity index (χ1v) is 7.05. The van der Waals surface area contributed by atoms with Crippen LogP contribution in [0.4, 0.5) is 0 Å². The number of rotatable bonds is 6. The number of carbonyl (C=O) groups excluding carboxylic acids is 1. The van der Waals surface area contributed by atoms with Crippen LogP contribution in [0.1, 0.15) is 26.1 Å². The molecule has 3 N–H and O–H groups in total. The van der Waals surface area contributed by atoms with Gasteiger partial charge in [-0.15, -0.1) is 0 Å². The third kappa shape index (κ3) is 3.36. The summed E-state index contributed by atoms with van der Waals surface area (Å²) in [4.78, 5) is 16.4. The van der Waals surface area contributed by atoms with Crippen LogP contribution in [0.25, 0.3) is 11.0 Å². The first-order chi connectivity index (χ1) is 9.61. The summed E-state index contributed by atoms with van der Waals surface area (Å²) in [6, 6.07) is 8.15. The molecule has 0 aliphatic heterocycles. The van der Waals surface area contributed by atoms with E-state index in [1.165, 1.54) is 0 Å². The van der Waals surface area contributed by atoms with Crippen LogP contribution >= 0.6 is 0 Å². The number of nitrogens with one attached hydrogen (secondary N) is 1. The number of hydrogen-bond donors (Lipinski definition) is 2. The zero-order valence-corrected chi connectivity index (χ0v) is 12.1. The molecule has 0 unspecified atom stereocenters. The van der Waals surface area contributed by atoms with Gasteiger partial charge in [-0.2, -0.15) is 0 Å². The third-order valence-electron chi connectivity index (χ3n) is 3.11. The summed E-state index contributed by atoms with van der Waals surface area (Å²) in [5, 5.41) is 2.91. The maximum absolute atomic E-state index is 11.8. The Kier molecular flexibility index (Phi) is 4.74. The lowest BCUT2D eigenvalue weighted by molar-refractivity contribution is -0.121. The van der Waals surface area contributed by atoms with Crippen LogP contribution < -0.4 is 11.1 Å². The van der Waals surface area contributed by atoms with E-state index >= 15 is 0 Å². The van der Waals surface area contributed by atoms with Gasteiger partial charge < -0.3 is 15.6 Å². The summed E-state index contributed by atoms with van der Waals surface area (Å²) < 4.78 is 2.10. The highest BCUT2D eigenvalue weighted by atomic mass is 16.1. The van der Waals surface area contributed by atoms with Crippen molar-refractivity contribution in [1.82, 2.24) is 14.9 Å². The Hall–Kier alpha value is -1.88. The number of carbonyl (C=O) groups is 1. The van der Waals surface area contributed by atoms with Gasteiger partial charge in [0.1, 0.15) is 5.82 Å². The normalized spacial score (nSPS) is 11.2. The number of nitrogens with zero attached hydrogens (tertiary/aromatic N) is 2. The van der Waals surface area contributed by atoms with Crippen LogP contribution in [0.2, 0.25) is 0 Å². The Morgan fingerprint density at radius 3 is 2.85 bits per heavy atom. The van der Waals surface area contributed by atoms with Gasteiger partial charge in [-0.1, -0.05) is 12.1 Å². The Morgan fingerprint density at radius 1 is 1.40 bits per heavy atom. The second kappa shape index (κ2) is 6.52. The Balaban J connectivity index is 2.18. The van der Waals surface area contributed by atoms with E-state index < -0.39 is 0 Å². The summed E-state index contributed by atoms with van der Waals surface area (Å²) >= 11 is 0. The quantitative estimate of drug-likeness (QED) is 0.837. The second-order valence-corrected chi connectivity index (χ2v) is 5.18. The molecule has 0 radical (unpaired) electrons. The molecular weight excluding hydrogens is 252 g/mol. The number of hydrogen-bond acceptors (Lipinski definition) is 3. The number of para-hydroxylation sites is 2. The van der Waals surface area contributed by atoms with E-state index in [0.717, 1.165) is 23.3 Å². The van der Waals surface area contributed by atoms with E-state index in [4.69, 9.17) is 5.73 Å². The number of nitrogens with two attached hydrogens (primary N) is 1. The van der Waals surface area contributed by atoms with Crippen LogP contribution in [-0.4, -0.2) is 28.0 Å². The van der Waals surface area contributed by atoms with Crippen molar-refractivity contribution < 1.29 is 4.79 Å². The van der Waals surface area contributed by atoms with Gasteiger partial charge in [0.2, 0.25) is 5.91 Å². The summed E-state index contributed by atoms with van der Waals surface area (Å²) in [6.07, 6.45) is 1.18. The zero-order valence-electron chi connectivity index (χ0n) is 12.1. The number of aromatic nitrogens is 2. The number of amides is 1. The lowest BCUT2D eigenvalue weighted by Gasteiger charge is -2.11. The van der Waals surface area contributed by atoms with Gasteiger partial charge in [0, 0.05) is 25.4 Å². The monoisotopic (exact) mass is 274 g/mol. The van der Waals surface area contributed by atoms with E-state index in [-0.39, 0.29) is 11.9 Å². The molecule has 0 bridgehead atoms. The number of fused-ring (bicyclic) bond motifs is 1. The van der Waals surface area contributed by atoms with Gasteiger partial charge in [-0.05, 0) is 32.5 Å². The predicted octanol–water partition coefficient (Wildman–Crippen LogP) is 1.45. The largest absolute Gasteiger partial charge is 0.354 e. The lowest BCUT2D eigenvalue weighted by Crippen LogP contribution is -2.30. The minimum absolute atomic E-state index is 0.0662. The zero-order chi connectivity index (χ0) is 14.5. The second-order valence-electron chi connectivity index (χ2n) is 5.18. The maximum Gasteiger partial charge on any atom is 0.221 e. The van der Waals surface area contributed by atoms with E-state index in [2.05, 4.69) is 14.9 Å². The summed E-state index contributed by atoms with van der Waals surface area (Å²) in [6.45, 7) is 5.12. The molecule has 1 aromatic heterocycles. The van der Waals surface area contributed by atoms with Gasteiger partial charge in [0.15, 0.2) is 0 Å². The predicted molar refractivity (Wildman–Crippen MR) is 80.4 cm³/mol. The van der Waals surface area contributed by atoms with Crippen molar-refractivity contribution in [3.8, 4) is 0 Å². The lowest BCUT2D eigenvalue weighted by atomic mass is 10.3. The van der Waals surface area contributed by atoms with Gasteiger partial charge in [-0.3, -0.25) is 4.79 Å². The smallest absolute Gasteiger partial charge is 0.221 e. The average molecular weight is 274 g/mol. The SMILES string of the molecule is CC(C)NC(=O)CCn1c(CCN)nc2ccccc21. The van der Waals surface area contributed by atoms with Crippen LogP contribution in [0.5, 0.6) is 0 Å². The third-order valence-corrected chi connectivity index (χ3v) is 3.11. The molecule has 108 valence electrons. The molecule has 1 heterocycles. The fourth-order valence-corrected chi connectivity index (χ4v) is 2.30. The molecule has 0 aliphatic carbocycles. The highest BCUT2D eigenvalue weighted by molar-refractivity contribution is 5.78. The van der Waals surface area contributed by atoms with Crippen molar-refractivity contribution in [2.75, 3.05) is 6.54 Å². The molecule has 0 saturated carbocycles. The van der Waals surface area contributed by atoms with Crippen molar-refractivity contribution in [2.45, 2.75) is 39.3 Å². The fourth-order valence-electron chi connectivity index (χ4n) is 2.30. The van der Waals surface area contributed by atoms with E-state index in [0.29, 0.717) is 19.5 Å². The van der Waals surface area contributed by atoms with Crippen molar-refractivity contribution in [3.05, 3.63) is 30.1 Å². The standard InChI is InChI=1S/C15H22N4O/c1-11(2)17-15(20)8-10-19-13-6-4-3-5-12(13)18-14(19)7-9-16/h3-6,11H,7-10,16H2,1-2H3,(H,17,20). The number of benzene rings is 1. The van der Waals surface area contributed by atoms with Crippen molar-refractivity contribution >= 4 is 16.9 Å². The number of imidazole rings is 1.